The van der Waals surface area contributed by atoms with Crippen molar-refractivity contribution < 1.29 is 9.53 Å². The van der Waals surface area contributed by atoms with Crippen LogP contribution in [0.15, 0.2) is 24.5 Å². The minimum Gasteiger partial charge on any atom is -0.459 e. The Morgan fingerprint density at radius 2 is 1.89 bits per heavy atom. The summed E-state index contributed by atoms with van der Waals surface area (Å²) in [5.74, 6) is -0.0201. The van der Waals surface area contributed by atoms with Crippen LogP contribution in [0.5, 0.6) is 0 Å². The van der Waals surface area contributed by atoms with Gasteiger partial charge in [-0.3, -0.25) is 9.78 Å². The summed E-state index contributed by atoms with van der Waals surface area (Å²) in [6.07, 6.45) is 3.49. The SMILES string of the molecule is CC(C)C(NCc1ccncc1)C(=O)OC(C)(C)C. The zero-order valence-electron chi connectivity index (χ0n) is 12.4. The van der Waals surface area contributed by atoms with Crippen molar-refractivity contribution in [2.75, 3.05) is 0 Å². The van der Waals surface area contributed by atoms with Gasteiger partial charge in [-0.15, -0.1) is 0 Å². The topological polar surface area (TPSA) is 51.2 Å². The molecule has 0 amide bonds. The Bertz CT molecular complexity index is 396. The predicted octanol–water partition coefficient (Wildman–Crippen LogP) is 2.54. The third-order valence-corrected chi connectivity index (χ3v) is 2.60. The number of nitrogens with one attached hydrogen (secondary N) is 1. The fraction of sp³-hybridized carbons (Fsp3) is 0.600. The van der Waals surface area contributed by atoms with Gasteiger partial charge in [0.05, 0.1) is 0 Å². The number of carbonyl (C=O) groups excluding carboxylic acids is 1. The molecule has 0 radical (unpaired) electrons. The number of aromatic nitrogens is 1. The summed E-state index contributed by atoms with van der Waals surface area (Å²) in [7, 11) is 0. The molecule has 0 fully saturated rings. The maximum absolute atomic E-state index is 12.1. The molecule has 1 unspecified atom stereocenters. The molecule has 0 aliphatic carbocycles. The molecule has 1 N–H and O–H groups in total. The molecule has 0 saturated heterocycles. The predicted molar refractivity (Wildman–Crippen MR) is 75.5 cm³/mol. The number of ether oxygens (including phenoxy) is 1. The number of hydrogen-bond donors (Lipinski definition) is 1. The first kappa shape index (κ1) is 15.6. The second-order valence-electron chi connectivity index (χ2n) is 5.99. The van der Waals surface area contributed by atoms with Gasteiger partial charge in [-0.05, 0) is 44.4 Å². The van der Waals surface area contributed by atoms with Gasteiger partial charge in [-0.25, -0.2) is 0 Å². The summed E-state index contributed by atoms with van der Waals surface area (Å²) in [5, 5.41) is 3.26. The Kier molecular flexibility index (Phi) is 5.48. The Morgan fingerprint density at radius 1 is 1.32 bits per heavy atom. The van der Waals surface area contributed by atoms with Crippen molar-refractivity contribution in [3.63, 3.8) is 0 Å². The Labute approximate surface area is 115 Å². The van der Waals surface area contributed by atoms with Crippen LogP contribution < -0.4 is 5.32 Å². The summed E-state index contributed by atoms with van der Waals surface area (Å²) in [4.78, 5) is 16.1. The highest BCUT2D eigenvalue weighted by atomic mass is 16.6. The summed E-state index contributed by atoms with van der Waals surface area (Å²) < 4.78 is 5.44. The van der Waals surface area contributed by atoms with E-state index in [-0.39, 0.29) is 17.9 Å². The maximum atomic E-state index is 12.1. The standard InChI is InChI=1S/C15H24N2O2/c1-11(2)13(14(18)19-15(3,4)5)17-10-12-6-8-16-9-7-12/h6-9,11,13,17H,10H2,1-5H3. The number of hydrogen-bond acceptors (Lipinski definition) is 4. The molecule has 1 aromatic rings. The highest BCUT2D eigenvalue weighted by Gasteiger charge is 2.27. The molecule has 106 valence electrons. The third-order valence-electron chi connectivity index (χ3n) is 2.60. The second-order valence-corrected chi connectivity index (χ2v) is 5.99. The van der Waals surface area contributed by atoms with E-state index in [2.05, 4.69) is 10.3 Å². The van der Waals surface area contributed by atoms with E-state index in [1.54, 1.807) is 12.4 Å². The number of carbonyl (C=O) groups is 1. The van der Waals surface area contributed by atoms with Crippen molar-refractivity contribution in [3.05, 3.63) is 30.1 Å². The molecule has 19 heavy (non-hydrogen) atoms. The van der Waals surface area contributed by atoms with Crippen LogP contribution in [0.3, 0.4) is 0 Å². The monoisotopic (exact) mass is 264 g/mol. The van der Waals surface area contributed by atoms with Gasteiger partial charge >= 0.3 is 5.97 Å². The van der Waals surface area contributed by atoms with Crippen molar-refractivity contribution in [2.24, 2.45) is 5.92 Å². The molecule has 0 aliphatic rings. The van der Waals surface area contributed by atoms with E-state index in [0.29, 0.717) is 6.54 Å². The Balaban J connectivity index is 2.61. The summed E-state index contributed by atoms with van der Waals surface area (Å²) >= 11 is 0. The molecule has 4 nitrogen and oxygen atoms in total. The molecule has 1 heterocycles. The molecular formula is C15H24N2O2. The van der Waals surface area contributed by atoms with Crippen molar-refractivity contribution >= 4 is 5.97 Å². The van der Waals surface area contributed by atoms with E-state index >= 15 is 0 Å². The van der Waals surface area contributed by atoms with E-state index in [9.17, 15) is 4.79 Å². The normalized spacial score (nSPS) is 13.4. The fourth-order valence-electron chi connectivity index (χ4n) is 1.68. The molecule has 0 bridgehead atoms. The molecule has 1 atom stereocenters. The number of nitrogens with zero attached hydrogens (tertiary/aromatic N) is 1. The van der Waals surface area contributed by atoms with Crippen LogP contribution in [0.2, 0.25) is 0 Å². The lowest BCUT2D eigenvalue weighted by molar-refractivity contribution is -0.158. The third kappa shape index (κ3) is 5.83. The number of esters is 1. The maximum Gasteiger partial charge on any atom is 0.323 e. The highest BCUT2D eigenvalue weighted by molar-refractivity contribution is 5.76. The van der Waals surface area contributed by atoms with E-state index in [0.717, 1.165) is 5.56 Å². The first-order chi connectivity index (χ1) is 8.79. The van der Waals surface area contributed by atoms with E-state index in [1.165, 1.54) is 0 Å². The number of rotatable bonds is 5. The summed E-state index contributed by atoms with van der Waals surface area (Å²) in [5.41, 5.74) is 0.645. The van der Waals surface area contributed by atoms with Crippen LogP contribution in [0.1, 0.15) is 40.2 Å². The van der Waals surface area contributed by atoms with Crippen LogP contribution in [0, 0.1) is 5.92 Å². The molecular weight excluding hydrogens is 240 g/mol. The quantitative estimate of drug-likeness (QED) is 0.830. The van der Waals surface area contributed by atoms with E-state index in [1.807, 2.05) is 46.8 Å². The van der Waals surface area contributed by atoms with Crippen LogP contribution in [0.4, 0.5) is 0 Å². The molecule has 4 heteroatoms. The Morgan fingerprint density at radius 3 is 2.37 bits per heavy atom. The van der Waals surface area contributed by atoms with Gasteiger partial charge in [-0.2, -0.15) is 0 Å². The van der Waals surface area contributed by atoms with Gasteiger partial charge in [0, 0.05) is 18.9 Å². The van der Waals surface area contributed by atoms with Gasteiger partial charge in [0.15, 0.2) is 0 Å². The van der Waals surface area contributed by atoms with Crippen molar-refractivity contribution in [1.29, 1.82) is 0 Å². The van der Waals surface area contributed by atoms with Crippen molar-refractivity contribution in [1.82, 2.24) is 10.3 Å². The molecule has 0 aliphatic heterocycles. The second kappa shape index (κ2) is 6.66. The summed E-state index contributed by atoms with van der Waals surface area (Å²) in [6.45, 7) is 10.3. The zero-order chi connectivity index (χ0) is 14.5. The minimum absolute atomic E-state index is 0.177. The molecule has 0 spiro atoms. The highest BCUT2D eigenvalue weighted by Crippen LogP contribution is 2.12. The van der Waals surface area contributed by atoms with E-state index in [4.69, 9.17) is 4.74 Å². The molecule has 1 aromatic heterocycles. The average molecular weight is 264 g/mol. The van der Waals surface area contributed by atoms with Gasteiger partial charge in [-0.1, -0.05) is 13.8 Å². The van der Waals surface area contributed by atoms with Gasteiger partial charge in [0.25, 0.3) is 0 Å². The zero-order valence-corrected chi connectivity index (χ0v) is 12.4. The molecule has 0 saturated carbocycles. The van der Waals surface area contributed by atoms with Crippen LogP contribution in [-0.2, 0) is 16.1 Å². The first-order valence-electron chi connectivity index (χ1n) is 6.65. The number of pyridine rings is 1. The van der Waals surface area contributed by atoms with Crippen molar-refractivity contribution in [3.8, 4) is 0 Å². The lowest BCUT2D eigenvalue weighted by Gasteiger charge is -2.26. The van der Waals surface area contributed by atoms with Crippen LogP contribution in [-0.4, -0.2) is 22.6 Å². The minimum atomic E-state index is -0.456. The van der Waals surface area contributed by atoms with Gasteiger partial charge in [0.2, 0.25) is 0 Å². The summed E-state index contributed by atoms with van der Waals surface area (Å²) in [6, 6.07) is 3.56. The first-order valence-corrected chi connectivity index (χ1v) is 6.65. The lowest BCUT2D eigenvalue weighted by atomic mass is 10.0. The Hall–Kier alpha value is -1.42. The lowest BCUT2D eigenvalue weighted by Crippen LogP contribution is -2.44. The van der Waals surface area contributed by atoms with Crippen LogP contribution >= 0.6 is 0 Å². The largest absolute Gasteiger partial charge is 0.459 e. The van der Waals surface area contributed by atoms with Gasteiger partial charge < -0.3 is 10.1 Å². The van der Waals surface area contributed by atoms with Crippen molar-refractivity contribution in [2.45, 2.75) is 52.8 Å². The molecule has 0 aromatic carbocycles. The van der Waals surface area contributed by atoms with Gasteiger partial charge in [0.1, 0.15) is 11.6 Å². The fourth-order valence-corrected chi connectivity index (χ4v) is 1.68. The smallest absolute Gasteiger partial charge is 0.323 e. The van der Waals surface area contributed by atoms with E-state index < -0.39 is 5.60 Å². The average Bonchev–Trinajstić information content (AvgIpc) is 2.27. The van der Waals surface area contributed by atoms with Crippen LogP contribution in [0.25, 0.3) is 0 Å². The molecule has 1 rings (SSSR count).